The Morgan fingerprint density at radius 3 is 2.83 bits per heavy atom. The van der Waals surface area contributed by atoms with Gasteiger partial charge in [-0.1, -0.05) is 5.16 Å². The van der Waals surface area contributed by atoms with Crippen LogP contribution in [0.3, 0.4) is 0 Å². The van der Waals surface area contributed by atoms with E-state index in [4.69, 9.17) is 13.7 Å². The standard InChI is InChI=1S/C17H21N3O4/c21-17(14-2-1-9-23-14)20-7-5-13(6-8-20)16-18-15(24-19-16)11-22-10-12-3-4-12/h1-2,9,12-13H,3-8,10-11H2. The number of likely N-dealkylation sites (tertiary alicyclic amines) is 1. The quantitative estimate of drug-likeness (QED) is 0.809. The second-order valence-corrected chi connectivity index (χ2v) is 6.55. The van der Waals surface area contributed by atoms with Crippen molar-refractivity contribution < 1.29 is 18.5 Å². The Labute approximate surface area is 140 Å². The van der Waals surface area contributed by atoms with Crippen LogP contribution in [0.1, 0.15) is 53.9 Å². The fourth-order valence-corrected chi connectivity index (χ4v) is 2.99. The van der Waals surface area contributed by atoms with Crippen molar-refractivity contribution in [2.24, 2.45) is 5.92 Å². The lowest BCUT2D eigenvalue weighted by Crippen LogP contribution is -2.37. The van der Waals surface area contributed by atoms with Gasteiger partial charge in [0.05, 0.1) is 12.9 Å². The number of carbonyl (C=O) groups is 1. The molecule has 0 aromatic carbocycles. The molecule has 24 heavy (non-hydrogen) atoms. The molecule has 1 saturated heterocycles. The Balaban J connectivity index is 1.27. The highest BCUT2D eigenvalue weighted by Crippen LogP contribution is 2.29. The molecule has 2 aromatic heterocycles. The lowest BCUT2D eigenvalue weighted by molar-refractivity contribution is 0.0678. The van der Waals surface area contributed by atoms with Gasteiger partial charge in [0, 0.05) is 19.0 Å². The molecular formula is C17H21N3O4. The summed E-state index contributed by atoms with van der Waals surface area (Å²) in [7, 11) is 0. The molecular weight excluding hydrogens is 310 g/mol. The van der Waals surface area contributed by atoms with Crippen LogP contribution in [0.2, 0.25) is 0 Å². The Hall–Kier alpha value is -2.15. The van der Waals surface area contributed by atoms with Gasteiger partial charge in [0.25, 0.3) is 11.8 Å². The fraction of sp³-hybridized carbons (Fsp3) is 0.588. The summed E-state index contributed by atoms with van der Waals surface area (Å²) in [5.74, 6) is 2.56. The molecule has 4 rings (SSSR count). The summed E-state index contributed by atoms with van der Waals surface area (Å²) in [6, 6.07) is 3.42. The number of amides is 1. The highest BCUT2D eigenvalue weighted by molar-refractivity contribution is 5.91. The Bertz CT molecular complexity index is 670. The van der Waals surface area contributed by atoms with Crippen molar-refractivity contribution in [2.45, 2.75) is 38.2 Å². The summed E-state index contributed by atoms with van der Waals surface area (Å²) in [5.41, 5.74) is 0. The van der Waals surface area contributed by atoms with Gasteiger partial charge in [-0.3, -0.25) is 4.79 Å². The Morgan fingerprint density at radius 2 is 2.12 bits per heavy atom. The van der Waals surface area contributed by atoms with Crippen LogP contribution < -0.4 is 0 Å². The predicted octanol–water partition coefficient (Wildman–Crippen LogP) is 2.61. The largest absolute Gasteiger partial charge is 0.459 e. The maximum absolute atomic E-state index is 12.3. The van der Waals surface area contributed by atoms with Crippen LogP contribution in [0.5, 0.6) is 0 Å². The zero-order valence-electron chi connectivity index (χ0n) is 13.5. The third-order valence-electron chi connectivity index (χ3n) is 4.64. The molecule has 1 amide bonds. The summed E-state index contributed by atoms with van der Waals surface area (Å²) < 4.78 is 16.0. The van der Waals surface area contributed by atoms with Crippen LogP contribution in [0.4, 0.5) is 0 Å². The topological polar surface area (TPSA) is 81.6 Å². The lowest BCUT2D eigenvalue weighted by Gasteiger charge is -2.29. The van der Waals surface area contributed by atoms with E-state index in [0.717, 1.165) is 31.2 Å². The van der Waals surface area contributed by atoms with E-state index in [1.54, 1.807) is 12.1 Å². The van der Waals surface area contributed by atoms with Crippen LogP contribution in [0.25, 0.3) is 0 Å². The van der Waals surface area contributed by atoms with Crippen LogP contribution in [0.15, 0.2) is 27.3 Å². The summed E-state index contributed by atoms with van der Waals surface area (Å²) in [5, 5.41) is 4.08. The molecule has 2 aliphatic rings. The minimum Gasteiger partial charge on any atom is -0.459 e. The van der Waals surface area contributed by atoms with Crippen LogP contribution in [0, 0.1) is 5.92 Å². The maximum atomic E-state index is 12.3. The third kappa shape index (κ3) is 3.51. The zero-order valence-corrected chi connectivity index (χ0v) is 13.5. The number of furan rings is 1. The van der Waals surface area contributed by atoms with Crippen molar-refractivity contribution in [3.05, 3.63) is 35.9 Å². The fourth-order valence-electron chi connectivity index (χ4n) is 2.99. The number of piperidine rings is 1. The molecule has 2 fully saturated rings. The van der Waals surface area contributed by atoms with Crippen molar-refractivity contribution >= 4 is 5.91 Å². The van der Waals surface area contributed by atoms with Crippen molar-refractivity contribution in [3.8, 4) is 0 Å². The van der Waals surface area contributed by atoms with E-state index < -0.39 is 0 Å². The van der Waals surface area contributed by atoms with Crippen molar-refractivity contribution in [2.75, 3.05) is 19.7 Å². The van der Waals surface area contributed by atoms with Crippen molar-refractivity contribution in [1.29, 1.82) is 0 Å². The van der Waals surface area contributed by atoms with E-state index in [0.29, 0.717) is 31.3 Å². The molecule has 0 unspecified atom stereocenters. The first-order valence-corrected chi connectivity index (χ1v) is 8.52. The van der Waals surface area contributed by atoms with Crippen molar-refractivity contribution in [3.63, 3.8) is 0 Å². The molecule has 7 heteroatoms. The minimum atomic E-state index is -0.0549. The maximum Gasteiger partial charge on any atom is 0.289 e. The summed E-state index contributed by atoms with van der Waals surface area (Å²) in [4.78, 5) is 18.5. The summed E-state index contributed by atoms with van der Waals surface area (Å²) in [6.45, 7) is 2.52. The number of hydrogen-bond acceptors (Lipinski definition) is 6. The van der Waals surface area contributed by atoms with E-state index in [-0.39, 0.29) is 11.8 Å². The molecule has 7 nitrogen and oxygen atoms in total. The van der Waals surface area contributed by atoms with Gasteiger partial charge in [-0.05, 0) is 43.7 Å². The molecule has 0 N–H and O–H groups in total. The zero-order chi connectivity index (χ0) is 16.4. The number of nitrogens with zero attached hydrogens (tertiary/aromatic N) is 3. The molecule has 0 spiro atoms. The first kappa shape index (κ1) is 15.4. The number of rotatable bonds is 6. The molecule has 3 heterocycles. The number of carbonyl (C=O) groups excluding carboxylic acids is 1. The Morgan fingerprint density at radius 1 is 1.29 bits per heavy atom. The second kappa shape index (κ2) is 6.76. The first-order valence-electron chi connectivity index (χ1n) is 8.52. The van der Waals surface area contributed by atoms with Crippen LogP contribution >= 0.6 is 0 Å². The van der Waals surface area contributed by atoms with E-state index in [1.807, 2.05) is 4.90 Å². The van der Waals surface area contributed by atoms with Crippen molar-refractivity contribution in [1.82, 2.24) is 15.0 Å². The number of aromatic nitrogens is 2. The second-order valence-electron chi connectivity index (χ2n) is 6.55. The normalized spacial score (nSPS) is 18.9. The molecule has 1 aliphatic carbocycles. The molecule has 2 aromatic rings. The number of ether oxygens (including phenoxy) is 1. The first-order chi connectivity index (χ1) is 11.8. The molecule has 128 valence electrons. The van der Waals surface area contributed by atoms with Gasteiger partial charge in [0.1, 0.15) is 6.61 Å². The van der Waals surface area contributed by atoms with Gasteiger partial charge in [0.15, 0.2) is 11.6 Å². The van der Waals surface area contributed by atoms with Gasteiger partial charge in [-0.15, -0.1) is 0 Å². The van der Waals surface area contributed by atoms with Crippen LogP contribution in [-0.4, -0.2) is 40.6 Å². The van der Waals surface area contributed by atoms with E-state index in [2.05, 4.69) is 10.1 Å². The molecule has 1 saturated carbocycles. The van der Waals surface area contributed by atoms with E-state index >= 15 is 0 Å². The third-order valence-corrected chi connectivity index (χ3v) is 4.64. The van der Waals surface area contributed by atoms with Crippen LogP contribution in [-0.2, 0) is 11.3 Å². The van der Waals surface area contributed by atoms with Gasteiger partial charge < -0.3 is 18.6 Å². The van der Waals surface area contributed by atoms with E-state index in [1.165, 1.54) is 19.1 Å². The minimum absolute atomic E-state index is 0.0549. The highest BCUT2D eigenvalue weighted by Gasteiger charge is 2.28. The number of hydrogen-bond donors (Lipinski definition) is 0. The van der Waals surface area contributed by atoms with Gasteiger partial charge in [0.2, 0.25) is 0 Å². The molecule has 0 radical (unpaired) electrons. The highest BCUT2D eigenvalue weighted by atomic mass is 16.5. The van der Waals surface area contributed by atoms with Gasteiger partial charge in [-0.2, -0.15) is 4.98 Å². The van der Waals surface area contributed by atoms with E-state index in [9.17, 15) is 4.79 Å². The smallest absolute Gasteiger partial charge is 0.289 e. The van der Waals surface area contributed by atoms with Gasteiger partial charge in [-0.25, -0.2) is 0 Å². The molecule has 0 bridgehead atoms. The summed E-state index contributed by atoms with van der Waals surface area (Å²) in [6.07, 6.45) is 5.71. The summed E-state index contributed by atoms with van der Waals surface area (Å²) >= 11 is 0. The SMILES string of the molecule is O=C(c1ccco1)N1CCC(c2noc(COCC3CC3)n2)CC1. The predicted molar refractivity (Wildman–Crippen MR) is 83.3 cm³/mol. The molecule has 1 aliphatic heterocycles. The monoisotopic (exact) mass is 331 g/mol. The Kier molecular flexibility index (Phi) is 4.34. The lowest BCUT2D eigenvalue weighted by atomic mass is 9.96. The molecule has 0 atom stereocenters. The average molecular weight is 331 g/mol. The average Bonchev–Trinajstić information content (AvgIpc) is 3.10. The van der Waals surface area contributed by atoms with Gasteiger partial charge >= 0.3 is 0 Å².